The van der Waals surface area contributed by atoms with Crippen LogP contribution in [-0.4, -0.2) is 52.2 Å². The number of rotatable bonds is 7. The van der Waals surface area contributed by atoms with Gasteiger partial charge in [-0.15, -0.1) is 0 Å². The minimum atomic E-state index is -4.43. The normalized spacial score (nSPS) is 13.2. The van der Waals surface area contributed by atoms with Gasteiger partial charge < -0.3 is 20.1 Å². The maximum atomic E-state index is 11.7. The van der Waals surface area contributed by atoms with E-state index in [-0.39, 0.29) is 15.5 Å². The number of ether oxygens (including phenoxy) is 2. The fraction of sp³-hybridized carbons (Fsp3) is 0.889. The predicted octanol–water partition coefficient (Wildman–Crippen LogP) is 1.39. The SMILES string of the molecule is CN[C@H](CCOC(=O)NCC(F)(F)F)COC.[HH].[HH]. The van der Waals surface area contributed by atoms with Gasteiger partial charge in [-0.05, 0) is 13.5 Å². The molecule has 0 heterocycles. The number of hydrogen-bond donors (Lipinski definition) is 2. The van der Waals surface area contributed by atoms with Crippen molar-refractivity contribution in [1.29, 1.82) is 0 Å². The minimum absolute atomic E-state index is 0. The molecule has 1 atom stereocenters. The molecule has 0 saturated carbocycles. The van der Waals surface area contributed by atoms with Crippen LogP contribution in [0.5, 0.6) is 0 Å². The van der Waals surface area contributed by atoms with Gasteiger partial charge in [0.15, 0.2) is 0 Å². The molecule has 0 aromatic rings. The highest BCUT2D eigenvalue weighted by Gasteiger charge is 2.27. The average molecular weight is 262 g/mol. The zero-order valence-electron chi connectivity index (χ0n) is 9.76. The third-order valence-corrected chi connectivity index (χ3v) is 1.91. The van der Waals surface area contributed by atoms with Gasteiger partial charge in [0.2, 0.25) is 0 Å². The molecule has 0 fully saturated rings. The largest absolute Gasteiger partial charge is 0.449 e. The number of alkyl halides is 3. The van der Waals surface area contributed by atoms with Crippen LogP contribution in [0.25, 0.3) is 0 Å². The number of halogens is 3. The number of methoxy groups -OCH3 is 1. The van der Waals surface area contributed by atoms with Gasteiger partial charge in [-0.25, -0.2) is 4.79 Å². The van der Waals surface area contributed by atoms with E-state index in [0.29, 0.717) is 13.0 Å². The van der Waals surface area contributed by atoms with E-state index in [1.165, 1.54) is 7.11 Å². The molecule has 0 bridgehead atoms. The molecule has 8 heteroatoms. The Labute approximate surface area is 101 Å². The van der Waals surface area contributed by atoms with Crippen LogP contribution in [-0.2, 0) is 9.47 Å². The Kier molecular flexibility index (Phi) is 7.64. The first kappa shape index (κ1) is 16.0. The van der Waals surface area contributed by atoms with Crippen molar-refractivity contribution >= 4 is 6.09 Å². The van der Waals surface area contributed by atoms with E-state index >= 15 is 0 Å². The number of likely N-dealkylation sites (N-methyl/N-ethyl adjacent to an activating group) is 1. The van der Waals surface area contributed by atoms with Gasteiger partial charge in [-0.3, -0.25) is 0 Å². The van der Waals surface area contributed by atoms with E-state index in [4.69, 9.17) is 4.74 Å². The molecule has 0 aromatic carbocycles. The molecule has 0 saturated heterocycles. The maximum absolute atomic E-state index is 11.7. The molecule has 0 aliphatic rings. The molecule has 1 amide bonds. The van der Waals surface area contributed by atoms with Gasteiger partial charge in [0, 0.05) is 16.0 Å². The van der Waals surface area contributed by atoms with E-state index in [1.807, 2.05) is 0 Å². The molecule has 0 aromatic heterocycles. The predicted molar refractivity (Wildman–Crippen MR) is 59.0 cm³/mol. The first-order valence-electron chi connectivity index (χ1n) is 5.02. The van der Waals surface area contributed by atoms with Crippen LogP contribution in [0, 0.1) is 0 Å². The third kappa shape index (κ3) is 9.88. The number of hydrogen-bond acceptors (Lipinski definition) is 4. The van der Waals surface area contributed by atoms with Crippen LogP contribution in [0.1, 0.15) is 9.27 Å². The van der Waals surface area contributed by atoms with E-state index in [1.54, 1.807) is 12.4 Å². The molecule has 17 heavy (non-hydrogen) atoms. The Hall–Kier alpha value is -1.02. The Morgan fingerprint density at radius 2 is 2.12 bits per heavy atom. The van der Waals surface area contributed by atoms with Crippen LogP contribution < -0.4 is 10.6 Å². The lowest BCUT2D eigenvalue weighted by Crippen LogP contribution is -2.36. The molecular weight excluding hydrogens is 241 g/mol. The fourth-order valence-electron chi connectivity index (χ4n) is 1.03. The Morgan fingerprint density at radius 1 is 1.47 bits per heavy atom. The lowest BCUT2D eigenvalue weighted by Gasteiger charge is -2.15. The molecule has 0 spiro atoms. The van der Waals surface area contributed by atoms with Gasteiger partial charge in [0.05, 0.1) is 13.2 Å². The van der Waals surface area contributed by atoms with E-state index < -0.39 is 18.8 Å². The first-order valence-corrected chi connectivity index (χ1v) is 5.02. The van der Waals surface area contributed by atoms with Gasteiger partial charge in [0.25, 0.3) is 0 Å². The van der Waals surface area contributed by atoms with Crippen molar-refractivity contribution in [3.63, 3.8) is 0 Å². The van der Waals surface area contributed by atoms with Crippen LogP contribution in [0.15, 0.2) is 0 Å². The lowest BCUT2D eigenvalue weighted by atomic mass is 10.2. The Balaban J connectivity index is -0.00000128. The molecular formula is C9H21F3N2O3. The van der Waals surface area contributed by atoms with Crippen molar-refractivity contribution < 1.29 is 30.3 Å². The first-order chi connectivity index (χ1) is 7.89. The number of alkyl carbamates (subject to hydrolysis) is 1. The van der Waals surface area contributed by atoms with E-state index in [0.717, 1.165) is 0 Å². The summed E-state index contributed by atoms with van der Waals surface area (Å²) < 4.78 is 44.6. The van der Waals surface area contributed by atoms with Gasteiger partial charge >= 0.3 is 12.3 Å². The quantitative estimate of drug-likeness (QED) is 0.728. The number of carbonyl (C=O) groups excluding carboxylic acids is 1. The smallest absolute Gasteiger partial charge is 0.407 e. The van der Waals surface area contributed by atoms with Crippen molar-refractivity contribution in [3.05, 3.63) is 0 Å². The molecule has 0 aliphatic carbocycles. The molecule has 0 aliphatic heterocycles. The topological polar surface area (TPSA) is 59.6 Å². The highest BCUT2D eigenvalue weighted by atomic mass is 19.4. The summed E-state index contributed by atoms with van der Waals surface area (Å²) in [4.78, 5) is 10.8. The van der Waals surface area contributed by atoms with Crippen molar-refractivity contribution in [2.45, 2.75) is 18.6 Å². The van der Waals surface area contributed by atoms with Crippen molar-refractivity contribution in [1.82, 2.24) is 10.6 Å². The summed E-state index contributed by atoms with van der Waals surface area (Å²) in [6, 6.07) is -0.00424. The minimum Gasteiger partial charge on any atom is -0.449 e. The summed E-state index contributed by atoms with van der Waals surface area (Å²) in [5.74, 6) is 0. The molecule has 0 rings (SSSR count). The van der Waals surface area contributed by atoms with Crippen molar-refractivity contribution in [2.75, 3.05) is 33.9 Å². The lowest BCUT2D eigenvalue weighted by molar-refractivity contribution is -0.123. The molecule has 2 N–H and O–H groups in total. The Morgan fingerprint density at radius 3 is 2.59 bits per heavy atom. The fourth-order valence-corrected chi connectivity index (χ4v) is 1.03. The molecule has 0 radical (unpaired) electrons. The number of amides is 1. The zero-order chi connectivity index (χ0) is 13.3. The van der Waals surface area contributed by atoms with E-state index in [2.05, 4.69) is 10.1 Å². The highest BCUT2D eigenvalue weighted by molar-refractivity contribution is 5.67. The second-order valence-electron chi connectivity index (χ2n) is 3.33. The number of nitrogens with one attached hydrogen (secondary N) is 2. The molecule has 0 unspecified atom stereocenters. The third-order valence-electron chi connectivity index (χ3n) is 1.91. The van der Waals surface area contributed by atoms with Crippen molar-refractivity contribution in [2.24, 2.45) is 0 Å². The van der Waals surface area contributed by atoms with E-state index in [9.17, 15) is 18.0 Å². The summed E-state index contributed by atoms with van der Waals surface area (Å²) >= 11 is 0. The molecule has 5 nitrogen and oxygen atoms in total. The summed E-state index contributed by atoms with van der Waals surface area (Å²) in [5, 5.41) is 4.52. The standard InChI is InChI=1S/C9H17F3N2O3.2H2/c1-13-7(5-16-2)3-4-17-8(15)14-6-9(10,11)12;;/h7,13H,3-6H2,1-2H3,(H,14,15);2*1H/t7-;;/m1../s1. The maximum Gasteiger partial charge on any atom is 0.407 e. The van der Waals surface area contributed by atoms with Crippen LogP contribution in [0.2, 0.25) is 0 Å². The van der Waals surface area contributed by atoms with Gasteiger partial charge in [0.1, 0.15) is 6.54 Å². The Bertz CT molecular complexity index is 233. The summed E-state index contributed by atoms with van der Waals surface area (Å²) in [5.41, 5.74) is 0. The second kappa shape index (κ2) is 8.13. The number of carbonyl (C=O) groups is 1. The van der Waals surface area contributed by atoms with Crippen LogP contribution in [0.4, 0.5) is 18.0 Å². The van der Waals surface area contributed by atoms with Crippen LogP contribution >= 0.6 is 0 Å². The highest BCUT2D eigenvalue weighted by Crippen LogP contribution is 2.12. The average Bonchev–Trinajstić information content (AvgIpc) is 2.24. The van der Waals surface area contributed by atoms with Gasteiger partial charge in [-0.2, -0.15) is 13.2 Å². The zero-order valence-corrected chi connectivity index (χ0v) is 9.76. The van der Waals surface area contributed by atoms with Crippen molar-refractivity contribution in [3.8, 4) is 0 Å². The summed E-state index contributed by atoms with van der Waals surface area (Å²) in [7, 11) is 3.24. The van der Waals surface area contributed by atoms with Crippen LogP contribution in [0.3, 0.4) is 0 Å². The summed E-state index contributed by atoms with van der Waals surface area (Å²) in [6.07, 6.45) is -5.04. The van der Waals surface area contributed by atoms with Gasteiger partial charge in [-0.1, -0.05) is 0 Å². The molecule has 106 valence electrons. The second-order valence-corrected chi connectivity index (χ2v) is 3.33. The summed E-state index contributed by atoms with van der Waals surface area (Å²) in [6.45, 7) is -0.929. The monoisotopic (exact) mass is 262 g/mol.